The van der Waals surface area contributed by atoms with E-state index in [0.29, 0.717) is 25.0 Å². The molecule has 1 aliphatic heterocycles. The molecule has 1 saturated heterocycles. The lowest BCUT2D eigenvalue weighted by molar-refractivity contribution is -0.145. The maximum atomic E-state index is 12.1. The molecule has 0 aromatic heterocycles. The van der Waals surface area contributed by atoms with Gasteiger partial charge in [0.25, 0.3) is 0 Å². The van der Waals surface area contributed by atoms with Crippen LogP contribution in [-0.4, -0.2) is 49.3 Å². The van der Waals surface area contributed by atoms with Crippen molar-refractivity contribution in [1.82, 2.24) is 4.90 Å². The fourth-order valence-electron chi connectivity index (χ4n) is 4.91. The van der Waals surface area contributed by atoms with Crippen LogP contribution in [0, 0.1) is 5.92 Å². The van der Waals surface area contributed by atoms with Gasteiger partial charge in [-0.1, -0.05) is 49.4 Å². The van der Waals surface area contributed by atoms with Crippen molar-refractivity contribution in [2.75, 3.05) is 36.4 Å². The maximum Gasteiger partial charge on any atom is 0.306 e. The minimum absolute atomic E-state index is 0.0271. The van der Waals surface area contributed by atoms with Crippen molar-refractivity contribution in [3.05, 3.63) is 60.2 Å². The zero-order valence-corrected chi connectivity index (χ0v) is 21.8. The Labute approximate surface area is 211 Å². The van der Waals surface area contributed by atoms with Crippen molar-refractivity contribution >= 4 is 17.3 Å². The van der Waals surface area contributed by atoms with E-state index in [-0.39, 0.29) is 12.1 Å². The van der Waals surface area contributed by atoms with Crippen LogP contribution in [0.4, 0.5) is 11.4 Å². The molecule has 0 radical (unpaired) electrons. The summed E-state index contributed by atoms with van der Waals surface area (Å²) in [7, 11) is 0. The monoisotopic (exact) mass is 480 g/mol. The van der Waals surface area contributed by atoms with Gasteiger partial charge in [0.2, 0.25) is 0 Å². The molecule has 2 unspecified atom stereocenters. The number of nitrogens with one attached hydrogen (secondary N) is 1. The van der Waals surface area contributed by atoms with E-state index < -0.39 is 0 Å². The molecular weight excluding hydrogens is 436 g/mol. The normalized spacial score (nSPS) is 16.5. The number of hydrogen-bond donors (Lipinski definition) is 2. The summed E-state index contributed by atoms with van der Waals surface area (Å²) < 4.78 is 5.39. The lowest BCUT2D eigenvalue weighted by atomic mass is 9.97. The highest BCUT2D eigenvalue weighted by Crippen LogP contribution is 2.28. The van der Waals surface area contributed by atoms with Crippen molar-refractivity contribution in [3.63, 3.8) is 0 Å². The molecule has 6 nitrogen and oxygen atoms in total. The van der Waals surface area contributed by atoms with Crippen LogP contribution in [-0.2, 0) is 16.1 Å². The molecule has 0 aliphatic carbocycles. The molecular formula is C29H44N4O2. The second-order valence-electron chi connectivity index (χ2n) is 9.65. The first-order valence-electron chi connectivity index (χ1n) is 13.3. The summed E-state index contributed by atoms with van der Waals surface area (Å²) in [6.45, 7) is 11.0. The third-order valence-corrected chi connectivity index (χ3v) is 7.19. The molecule has 2 aromatic rings. The van der Waals surface area contributed by atoms with Crippen LogP contribution in [0.1, 0.15) is 58.4 Å². The average molecular weight is 481 g/mol. The first-order valence-corrected chi connectivity index (χ1v) is 13.3. The second-order valence-corrected chi connectivity index (χ2v) is 9.65. The van der Waals surface area contributed by atoms with Crippen LogP contribution in [0.3, 0.4) is 0 Å². The molecule has 2 aromatic carbocycles. The molecule has 6 heteroatoms. The van der Waals surface area contributed by atoms with Crippen LogP contribution >= 0.6 is 0 Å². The predicted molar refractivity (Wildman–Crippen MR) is 145 cm³/mol. The first-order chi connectivity index (χ1) is 17.0. The van der Waals surface area contributed by atoms with Gasteiger partial charge in [-0.3, -0.25) is 9.69 Å². The van der Waals surface area contributed by atoms with E-state index in [1.54, 1.807) is 0 Å². The van der Waals surface area contributed by atoms with Gasteiger partial charge in [-0.15, -0.1) is 0 Å². The highest BCUT2D eigenvalue weighted by Gasteiger charge is 2.26. The number of likely N-dealkylation sites (tertiary alicyclic amines) is 1. The minimum Gasteiger partial charge on any atom is -0.461 e. The highest BCUT2D eigenvalue weighted by molar-refractivity contribution is 5.70. The molecule has 0 amide bonds. The number of rotatable bonds is 13. The molecule has 0 spiro atoms. The molecule has 0 saturated carbocycles. The SMILES string of the molecule is CCN(CC)c1ccccc1NC1CCN(C(N)C(C)CCCC(=O)OCc2ccccc2)CC1. The lowest BCUT2D eigenvalue weighted by Gasteiger charge is -2.39. The molecule has 3 N–H and O–H groups in total. The highest BCUT2D eigenvalue weighted by atomic mass is 16.5. The predicted octanol–water partition coefficient (Wildman–Crippen LogP) is 5.24. The van der Waals surface area contributed by atoms with E-state index >= 15 is 0 Å². The Bertz CT molecular complexity index is 879. The van der Waals surface area contributed by atoms with Crippen molar-refractivity contribution in [2.45, 2.75) is 71.7 Å². The number of para-hydroxylation sites is 2. The van der Waals surface area contributed by atoms with E-state index in [1.807, 2.05) is 30.3 Å². The molecule has 0 bridgehead atoms. The number of benzene rings is 2. The van der Waals surface area contributed by atoms with E-state index in [4.69, 9.17) is 10.5 Å². The third-order valence-electron chi connectivity index (χ3n) is 7.19. The van der Waals surface area contributed by atoms with Crippen molar-refractivity contribution in [2.24, 2.45) is 11.7 Å². The summed E-state index contributed by atoms with van der Waals surface area (Å²) in [5.74, 6) is 0.205. The molecule has 1 aliphatic rings. The number of anilines is 2. The molecule has 192 valence electrons. The summed E-state index contributed by atoms with van der Waals surface area (Å²) in [5.41, 5.74) is 10.2. The number of ether oxygens (including phenoxy) is 1. The molecule has 2 atom stereocenters. The van der Waals surface area contributed by atoms with E-state index in [9.17, 15) is 4.79 Å². The fourth-order valence-corrected chi connectivity index (χ4v) is 4.91. The Morgan fingerprint density at radius 2 is 1.74 bits per heavy atom. The Balaban J connectivity index is 1.37. The Morgan fingerprint density at radius 1 is 1.09 bits per heavy atom. The Morgan fingerprint density at radius 3 is 2.43 bits per heavy atom. The largest absolute Gasteiger partial charge is 0.461 e. The number of carbonyl (C=O) groups is 1. The van der Waals surface area contributed by atoms with Gasteiger partial charge >= 0.3 is 5.97 Å². The van der Waals surface area contributed by atoms with Gasteiger partial charge in [0.1, 0.15) is 6.61 Å². The molecule has 1 heterocycles. The van der Waals surface area contributed by atoms with Crippen molar-refractivity contribution < 1.29 is 9.53 Å². The van der Waals surface area contributed by atoms with Gasteiger partial charge in [0, 0.05) is 38.6 Å². The third kappa shape index (κ3) is 8.25. The topological polar surface area (TPSA) is 70.8 Å². The maximum absolute atomic E-state index is 12.1. The van der Waals surface area contributed by atoms with Gasteiger partial charge in [-0.05, 0) is 63.1 Å². The van der Waals surface area contributed by atoms with Gasteiger partial charge in [0.05, 0.1) is 17.5 Å². The van der Waals surface area contributed by atoms with Crippen molar-refractivity contribution in [1.29, 1.82) is 0 Å². The summed E-state index contributed by atoms with van der Waals surface area (Å²) in [5, 5.41) is 3.80. The standard InChI is InChI=1S/C29H44N4O2/c1-4-32(5-2)27-16-10-9-15-26(27)31-25-18-20-33(21-19-25)29(30)23(3)12-11-17-28(34)35-22-24-13-7-6-8-14-24/h6-10,13-16,23,25,29,31H,4-5,11-12,17-22,30H2,1-3H3. The quantitative estimate of drug-likeness (QED) is 0.382. The van der Waals surface area contributed by atoms with Crippen molar-refractivity contribution in [3.8, 4) is 0 Å². The zero-order valence-electron chi connectivity index (χ0n) is 21.8. The van der Waals surface area contributed by atoms with Gasteiger partial charge < -0.3 is 20.7 Å². The minimum atomic E-state index is -0.133. The molecule has 3 rings (SSSR count). The van der Waals surface area contributed by atoms with Crippen LogP contribution in [0.2, 0.25) is 0 Å². The number of nitrogens with zero attached hydrogens (tertiary/aromatic N) is 2. The van der Waals surface area contributed by atoms with E-state index in [0.717, 1.165) is 57.4 Å². The van der Waals surface area contributed by atoms with Gasteiger partial charge in [-0.25, -0.2) is 0 Å². The Hall–Kier alpha value is -2.57. The number of piperidine rings is 1. The smallest absolute Gasteiger partial charge is 0.306 e. The fraction of sp³-hybridized carbons (Fsp3) is 0.552. The summed E-state index contributed by atoms with van der Waals surface area (Å²) in [6.07, 6.45) is 4.37. The molecule has 1 fully saturated rings. The summed E-state index contributed by atoms with van der Waals surface area (Å²) in [4.78, 5) is 16.9. The lowest BCUT2D eigenvalue weighted by Crippen LogP contribution is -2.51. The van der Waals surface area contributed by atoms with Crippen LogP contribution in [0.5, 0.6) is 0 Å². The van der Waals surface area contributed by atoms with Gasteiger partial charge in [0.15, 0.2) is 0 Å². The molecule has 35 heavy (non-hydrogen) atoms. The van der Waals surface area contributed by atoms with Gasteiger partial charge in [-0.2, -0.15) is 0 Å². The first kappa shape index (κ1) is 27.0. The number of hydrogen-bond acceptors (Lipinski definition) is 6. The number of carbonyl (C=O) groups excluding carboxylic acids is 1. The second kappa shape index (κ2) is 14.1. The van der Waals surface area contributed by atoms with Crippen LogP contribution in [0.15, 0.2) is 54.6 Å². The number of nitrogens with two attached hydrogens (primary N) is 1. The summed E-state index contributed by atoms with van der Waals surface area (Å²) in [6, 6.07) is 18.9. The zero-order chi connectivity index (χ0) is 25.0. The van der Waals surface area contributed by atoms with Crippen LogP contribution < -0.4 is 16.0 Å². The number of esters is 1. The van der Waals surface area contributed by atoms with Crippen LogP contribution in [0.25, 0.3) is 0 Å². The van der Waals surface area contributed by atoms with E-state index in [2.05, 4.69) is 60.2 Å². The van der Waals surface area contributed by atoms with E-state index in [1.165, 1.54) is 11.4 Å². The summed E-state index contributed by atoms with van der Waals surface area (Å²) >= 11 is 0. The Kier molecular flexibility index (Phi) is 10.9. The average Bonchev–Trinajstić information content (AvgIpc) is 2.89.